The quantitative estimate of drug-likeness (QED) is 0.590. The van der Waals surface area contributed by atoms with Crippen LogP contribution in [0.2, 0.25) is 0 Å². The fraction of sp³-hybridized carbons (Fsp3) is 0.368. The highest BCUT2D eigenvalue weighted by Gasteiger charge is 2.39. The predicted octanol–water partition coefficient (Wildman–Crippen LogP) is 2.88. The van der Waals surface area contributed by atoms with Gasteiger partial charge in [-0.2, -0.15) is 0 Å². The molecule has 1 atom stereocenters. The number of ether oxygens (including phenoxy) is 1. The van der Waals surface area contributed by atoms with Crippen LogP contribution in [0, 0.1) is 0 Å². The van der Waals surface area contributed by atoms with E-state index in [-0.39, 0.29) is 18.2 Å². The highest BCUT2D eigenvalue weighted by Crippen LogP contribution is 2.25. The van der Waals surface area contributed by atoms with Crippen molar-refractivity contribution in [1.29, 1.82) is 0 Å². The maximum atomic E-state index is 12.6. The van der Waals surface area contributed by atoms with Crippen molar-refractivity contribution in [1.82, 2.24) is 5.32 Å². The molecule has 2 aromatic rings. The molecule has 0 radical (unpaired) electrons. The van der Waals surface area contributed by atoms with Crippen LogP contribution in [0.3, 0.4) is 0 Å². The summed E-state index contributed by atoms with van der Waals surface area (Å²) in [4.78, 5) is 26.0. The van der Waals surface area contributed by atoms with E-state index in [2.05, 4.69) is 12.2 Å². The molecule has 1 N–H and O–H groups in total. The molecule has 0 saturated carbocycles. The third-order valence-corrected chi connectivity index (χ3v) is 4.11. The number of carbonyl (C=O) groups excluding carboxylic acids is 2. The van der Waals surface area contributed by atoms with Gasteiger partial charge in [-0.05, 0) is 42.8 Å². The van der Waals surface area contributed by atoms with Gasteiger partial charge in [-0.1, -0.05) is 13.3 Å². The summed E-state index contributed by atoms with van der Waals surface area (Å²) in [6.07, 6.45) is 3.79. The number of furan rings is 1. The molecule has 6 heteroatoms. The molecule has 1 saturated heterocycles. The number of rotatable bonds is 8. The molecule has 3 rings (SSSR count). The Morgan fingerprint density at radius 3 is 2.72 bits per heavy atom. The summed E-state index contributed by atoms with van der Waals surface area (Å²) in [6, 6.07) is 10.1. The molecule has 0 aliphatic carbocycles. The zero-order chi connectivity index (χ0) is 17.6. The van der Waals surface area contributed by atoms with Crippen LogP contribution < -0.4 is 15.0 Å². The maximum Gasteiger partial charge on any atom is 0.251 e. The van der Waals surface area contributed by atoms with E-state index >= 15 is 0 Å². The number of benzene rings is 1. The number of amides is 2. The highest BCUT2D eigenvalue weighted by molar-refractivity contribution is 6.22. The molecule has 25 heavy (non-hydrogen) atoms. The predicted molar refractivity (Wildman–Crippen MR) is 93.3 cm³/mol. The third-order valence-electron chi connectivity index (χ3n) is 4.11. The van der Waals surface area contributed by atoms with Gasteiger partial charge in [0.25, 0.3) is 5.91 Å². The van der Waals surface area contributed by atoms with Gasteiger partial charge < -0.3 is 9.15 Å². The Morgan fingerprint density at radius 1 is 1.24 bits per heavy atom. The van der Waals surface area contributed by atoms with Crippen molar-refractivity contribution >= 4 is 17.5 Å². The Morgan fingerprint density at radius 2 is 2.04 bits per heavy atom. The monoisotopic (exact) mass is 342 g/mol. The lowest BCUT2D eigenvalue weighted by atomic mass is 10.2. The van der Waals surface area contributed by atoms with Crippen LogP contribution in [-0.4, -0.2) is 24.5 Å². The summed E-state index contributed by atoms with van der Waals surface area (Å²) in [6.45, 7) is 3.18. The second-order valence-electron chi connectivity index (χ2n) is 5.98. The molecule has 1 fully saturated rings. The van der Waals surface area contributed by atoms with Crippen molar-refractivity contribution in [3.05, 3.63) is 48.4 Å². The number of imide groups is 1. The van der Waals surface area contributed by atoms with Gasteiger partial charge in [0.1, 0.15) is 11.5 Å². The van der Waals surface area contributed by atoms with E-state index < -0.39 is 6.04 Å². The van der Waals surface area contributed by atoms with Crippen LogP contribution >= 0.6 is 0 Å². The number of unbranched alkanes of at least 4 members (excludes halogenated alkanes) is 1. The van der Waals surface area contributed by atoms with Gasteiger partial charge in [0.05, 0.1) is 37.6 Å². The smallest absolute Gasteiger partial charge is 0.251 e. The molecule has 1 aromatic carbocycles. The van der Waals surface area contributed by atoms with Crippen LogP contribution in [-0.2, 0) is 16.1 Å². The van der Waals surface area contributed by atoms with Crippen molar-refractivity contribution < 1.29 is 18.7 Å². The van der Waals surface area contributed by atoms with Gasteiger partial charge >= 0.3 is 0 Å². The first-order valence-electron chi connectivity index (χ1n) is 8.54. The van der Waals surface area contributed by atoms with E-state index in [9.17, 15) is 9.59 Å². The molecule has 2 heterocycles. The van der Waals surface area contributed by atoms with Crippen LogP contribution in [0.5, 0.6) is 5.75 Å². The molecular formula is C19H22N2O4. The number of nitrogens with zero attached hydrogens (tertiary/aromatic N) is 1. The van der Waals surface area contributed by atoms with E-state index in [0.717, 1.165) is 24.4 Å². The van der Waals surface area contributed by atoms with Gasteiger partial charge in [0.15, 0.2) is 0 Å². The summed E-state index contributed by atoms with van der Waals surface area (Å²) in [5.74, 6) is 1.02. The molecular weight excluding hydrogens is 320 g/mol. The van der Waals surface area contributed by atoms with Gasteiger partial charge in [-0.15, -0.1) is 0 Å². The SMILES string of the molecule is CCCCOc1ccc(N2C(=O)C[C@H](NCc3ccco3)C2=O)cc1. The van der Waals surface area contributed by atoms with Crippen molar-refractivity contribution in [3.63, 3.8) is 0 Å². The van der Waals surface area contributed by atoms with Gasteiger partial charge in [0, 0.05) is 0 Å². The second-order valence-corrected chi connectivity index (χ2v) is 5.98. The molecule has 1 aliphatic rings. The summed E-state index contributed by atoms with van der Waals surface area (Å²) < 4.78 is 10.8. The topological polar surface area (TPSA) is 71.8 Å². The van der Waals surface area contributed by atoms with Crippen LogP contribution in [0.15, 0.2) is 47.1 Å². The van der Waals surface area contributed by atoms with E-state index in [1.54, 1.807) is 36.6 Å². The highest BCUT2D eigenvalue weighted by atomic mass is 16.5. The van der Waals surface area contributed by atoms with E-state index in [1.807, 2.05) is 6.07 Å². The number of hydrogen-bond donors (Lipinski definition) is 1. The molecule has 0 spiro atoms. The summed E-state index contributed by atoms with van der Waals surface area (Å²) >= 11 is 0. The standard InChI is InChI=1S/C19H22N2O4/c1-2-3-10-24-15-8-6-14(7-9-15)21-18(22)12-17(19(21)23)20-13-16-5-4-11-25-16/h4-9,11,17,20H,2-3,10,12-13H2,1H3/t17-/m0/s1. The van der Waals surface area contributed by atoms with Gasteiger partial charge in [-0.3, -0.25) is 14.9 Å². The fourth-order valence-corrected chi connectivity index (χ4v) is 2.73. The zero-order valence-electron chi connectivity index (χ0n) is 14.2. The first-order chi connectivity index (χ1) is 12.2. The molecule has 1 aliphatic heterocycles. The average Bonchev–Trinajstić information content (AvgIpc) is 3.22. The maximum absolute atomic E-state index is 12.6. The number of carbonyl (C=O) groups is 2. The average molecular weight is 342 g/mol. The Bertz CT molecular complexity index is 710. The van der Waals surface area contributed by atoms with Crippen molar-refractivity contribution in [2.45, 2.75) is 38.8 Å². The Hall–Kier alpha value is -2.60. The first kappa shape index (κ1) is 17.2. The van der Waals surface area contributed by atoms with Crippen LogP contribution in [0.4, 0.5) is 5.69 Å². The zero-order valence-corrected chi connectivity index (χ0v) is 14.2. The number of hydrogen-bond acceptors (Lipinski definition) is 5. The van der Waals surface area contributed by atoms with Crippen LogP contribution in [0.1, 0.15) is 31.9 Å². The minimum Gasteiger partial charge on any atom is -0.494 e. The lowest BCUT2D eigenvalue weighted by molar-refractivity contribution is -0.121. The molecule has 2 amide bonds. The first-order valence-corrected chi connectivity index (χ1v) is 8.54. The lowest BCUT2D eigenvalue weighted by Crippen LogP contribution is -2.38. The fourth-order valence-electron chi connectivity index (χ4n) is 2.73. The molecule has 132 valence electrons. The molecule has 0 unspecified atom stereocenters. The Balaban J connectivity index is 1.61. The summed E-state index contributed by atoms with van der Waals surface area (Å²) in [5, 5.41) is 3.08. The van der Waals surface area contributed by atoms with Crippen molar-refractivity contribution in [2.24, 2.45) is 0 Å². The normalized spacial score (nSPS) is 17.3. The second kappa shape index (κ2) is 7.98. The third kappa shape index (κ3) is 4.09. The van der Waals surface area contributed by atoms with E-state index in [4.69, 9.17) is 9.15 Å². The van der Waals surface area contributed by atoms with Gasteiger partial charge in [0.2, 0.25) is 5.91 Å². The minimum atomic E-state index is -0.530. The Kier molecular flexibility index (Phi) is 5.50. The van der Waals surface area contributed by atoms with Crippen molar-refractivity contribution in [2.75, 3.05) is 11.5 Å². The number of nitrogens with one attached hydrogen (secondary N) is 1. The van der Waals surface area contributed by atoms with E-state index in [1.165, 1.54) is 4.90 Å². The largest absolute Gasteiger partial charge is 0.494 e. The summed E-state index contributed by atoms with van der Waals surface area (Å²) in [7, 11) is 0. The number of anilines is 1. The minimum absolute atomic E-state index is 0.147. The molecule has 0 bridgehead atoms. The van der Waals surface area contributed by atoms with Gasteiger partial charge in [-0.25, -0.2) is 4.90 Å². The Labute approximate surface area is 146 Å². The van der Waals surface area contributed by atoms with Crippen LogP contribution in [0.25, 0.3) is 0 Å². The lowest BCUT2D eigenvalue weighted by Gasteiger charge is -2.16. The van der Waals surface area contributed by atoms with Crippen molar-refractivity contribution in [3.8, 4) is 5.75 Å². The van der Waals surface area contributed by atoms with E-state index in [0.29, 0.717) is 18.8 Å². The summed E-state index contributed by atoms with van der Waals surface area (Å²) in [5.41, 5.74) is 0.570. The molecule has 6 nitrogen and oxygen atoms in total. The molecule has 1 aromatic heterocycles.